The summed E-state index contributed by atoms with van der Waals surface area (Å²) in [7, 11) is 0. The number of anilines is 2. The van der Waals surface area contributed by atoms with Crippen LogP contribution in [-0.4, -0.2) is 29.0 Å². The normalized spacial score (nSPS) is 14.1. The second-order valence-corrected chi connectivity index (χ2v) is 5.43. The molecule has 114 valence electrons. The number of rotatable bonds is 4. The van der Waals surface area contributed by atoms with Crippen molar-refractivity contribution in [3.8, 4) is 0 Å². The first-order valence-electron chi connectivity index (χ1n) is 7.74. The van der Waals surface area contributed by atoms with Gasteiger partial charge in [-0.2, -0.15) is 0 Å². The Morgan fingerprint density at radius 2 is 1.86 bits per heavy atom. The van der Waals surface area contributed by atoms with Gasteiger partial charge in [0.2, 0.25) is 5.95 Å². The Balaban J connectivity index is 1.72. The zero-order valence-corrected chi connectivity index (χ0v) is 12.7. The SMILES string of the molecule is CCc1ccccc1NC(=O)c1cnc(N2CCCC2)nc1. The van der Waals surface area contributed by atoms with Gasteiger partial charge in [-0.3, -0.25) is 4.79 Å². The van der Waals surface area contributed by atoms with Crippen molar-refractivity contribution in [3.05, 3.63) is 47.8 Å². The van der Waals surface area contributed by atoms with E-state index in [1.165, 1.54) is 12.8 Å². The maximum absolute atomic E-state index is 12.3. The average molecular weight is 296 g/mol. The molecule has 1 aromatic carbocycles. The number of para-hydroxylation sites is 1. The van der Waals surface area contributed by atoms with Gasteiger partial charge < -0.3 is 10.2 Å². The molecule has 0 radical (unpaired) electrons. The minimum absolute atomic E-state index is 0.172. The molecule has 1 N–H and O–H groups in total. The van der Waals surface area contributed by atoms with E-state index < -0.39 is 0 Å². The Kier molecular flexibility index (Phi) is 4.32. The minimum atomic E-state index is -0.172. The highest BCUT2D eigenvalue weighted by Crippen LogP contribution is 2.18. The third-order valence-corrected chi connectivity index (χ3v) is 3.94. The van der Waals surface area contributed by atoms with Gasteiger partial charge in [-0.25, -0.2) is 9.97 Å². The van der Waals surface area contributed by atoms with Crippen LogP contribution in [0.15, 0.2) is 36.7 Å². The highest BCUT2D eigenvalue weighted by molar-refractivity contribution is 6.04. The molecule has 0 atom stereocenters. The molecule has 1 saturated heterocycles. The predicted octanol–water partition coefficient (Wildman–Crippen LogP) is 2.89. The van der Waals surface area contributed by atoms with Crippen LogP contribution in [0.5, 0.6) is 0 Å². The van der Waals surface area contributed by atoms with Gasteiger partial charge in [0.1, 0.15) is 0 Å². The summed E-state index contributed by atoms with van der Waals surface area (Å²) in [4.78, 5) is 23.1. The Labute approximate surface area is 130 Å². The van der Waals surface area contributed by atoms with Gasteiger partial charge >= 0.3 is 0 Å². The summed E-state index contributed by atoms with van der Waals surface area (Å²) in [6.45, 7) is 4.06. The van der Waals surface area contributed by atoms with Gasteiger partial charge in [-0.1, -0.05) is 25.1 Å². The molecule has 0 unspecified atom stereocenters. The monoisotopic (exact) mass is 296 g/mol. The van der Waals surface area contributed by atoms with E-state index in [2.05, 4.69) is 27.1 Å². The van der Waals surface area contributed by atoms with Crippen LogP contribution in [0.25, 0.3) is 0 Å². The van der Waals surface area contributed by atoms with Crippen molar-refractivity contribution in [1.29, 1.82) is 0 Å². The maximum atomic E-state index is 12.3. The number of nitrogens with zero attached hydrogens (tertiary/aromatic N) is 3. The zero-order valence-electron chi connectivity index (χ0n) is 12.7. The first kappa shape index (κ1) is 14.5. The highest BCUT2D eigenvalue weighted by atomic mass is 16.1. The standard InChI is InChI=1S/C17H20N4O/c1-2-13-7-3-4-8-15(13)20-16(22)14-11-18-17(19-12-14)21-9-5-6-10-21/h3-4,7-8,11-12H,2,5-6,9-10H2,1H3,(H,20,22). The van der Waals surface area contributed by atoms with Gasteiger partial charge in [-0.05, 0) is 30.9 Å². The number of nitrogens with one attached hydrogen (secondary N) is 1. The van der Waals surface area contributed by atoms with E-state index in [-0.39, 0.29) is 5.91 Å². The number of aryl methyl sites for hydroxylation is 1. The Morgan fingerprint density at radius 1 is 1.18 bits per heavy atom. The molecule has 0 aliphatic carbocycles. The lowest BCUT2D eigenvalue weighted by molar-refractivity contribution is 0.102. The molecule has 1 fully saturated rings. The second kappa shape index (κ2) is 6.56. The second-order valence-electron chi connectivity index (χ2n) is 5.43. The molecule has 2 aromatic rings. The fraction of sp³-hybridized carbons (Fsp3) is 0.353. The molecule has 0 bridgehead atoms. The first-order chi connectivity index (χ1) is 10.8. The van der Waals surface area contributed by atoms with Crippen molar-refractivity contribution in [3.63, 3.8) is 0 Å². The van der Waals surface area contributed by atoms with Gasteiger partial charge in [0, 0.05) is 31.2 Å². The molecule has 1 aromatic heterocycles. The van der Waals surface area contributed by atoms with Crippen LogP contribution in [0, 0.1) is 0 Å². The smallest absolute Gasteiger partial charge is 0.258 e. The van der Waals surface area contributed by atoms with Crippen molar-refractivity contribution >= 4 is 17.5 Å². The van der Waals surface area contributed by atoms with Gasteiger partial charge in [-0.15, -0.1) is 0 Å². The number of aromatic nitrogens is 2. The molecule has 0 spiro atoms. The number of amides is 1. The minimum Gasteiger partial charge on any atom is -0.341 e. The Hall–Kier alpha value is -2.43. The van der Waals surface area contributed by atoms with Crippen LogP contribution in [0.3, 0.4) is 0 Å². The molecule has 1 aliphatic heterocycles. The lowest BCUT2D eigenvalue weighted by atomic mass is 10.1. The lowest BCUT2D eigenvalue weighted by Gasteiger charge is -2.14. The number of benzene rings is 1. The molecule has 3 rings (SSSR count). The van der Waals surface area contributed by atoms with Crippen LogP contribution in [-0.2, 0) is 6.42 Å². The third-order valence-electron chi connectivity index (χ3n) is 3.94. The summed E-state index contributed by atoms with van der Waals surface area (Å²) in [5.74, 6) is 0.539. The van der Waals surface area contributed by atoms with Crippen molar-refractivity contribution in [2.24, 2.45) is 0 Å². The third kappa shape index (κ3) is 3.08. The van der Waals surface area contributed by atoms with Crippen molar-refractivity contribution in [1.82, 2.24) is 9.97 Å². The lowest BCUT2D eigenvalue weighted by Crippen LogP contribution is -2.21. The summed E-state index contributed by atoms with van der Waals surface area (Å²) < 4.78 is 0. The molecule has 5 heteroatoms. The van der Waals surface area contributed by atoms with E-state index in [1.54, 1.807) is 12.4 Å². The highest BCUT2D eigenvalue weighted by Gasteiger charge is 2.16. The molecule has 1 amide bonds. The average Bonchev–Trinajstić information content (AvgIpc) is 3.10. The molecular formula is C17H20N4O. The largest absolute Gasteiger partial charge is 0.341 e. The predicted molar refractivity (Wildman–Crippen MR) is 87.3 cm³/mol. The van der Waals surface area contributed by atoms with Crippen LogP contribution < -0.4 is 10.2 Å². The maximum Gasteiger partial charge on any atom is 0.258 e. The van der Waals surface area contributed by atoms with Crippen LogP contribution in [0.1, 0.15) is 35.7 Å². The van der Waals surface area contributed by atoms with Crippen molar-refractivity contribution in [2.45, 2.75) is 26.2 Å². The van der Waals surface area contributed by atoms with Crippen LogP contribution in [0.2, 0.25) is 0 Å². The molecule has 22 heavy (non-hydrogen) atoms. The molecule has 2 heterocycles. The van der Waals surface area contributed by atoms with Crippen molar-refractivity contribution in [2.75, 3.05) is 23.3 Å². The summed E-state index contributed by atoms with van der Waals surface area (Å²) in [6, 6.07) is 7.82. The molecule has 5 nitrogen and oxygen atoms in total. The van der Waals surface area contributed by atoms with Gasteiger partial charge in [0.05, 0.1) is 5.56 Å². The first-order valence-corrected chi connectivity index (χ1v) is 7.74. The van der Waals surface area contributed by atoms with Crippen LogP contribution in [0.4, 0.5) is 11.6 Å². The van der Waals surface area contributed by atoms with Gasteiger partial charge in [0.15, 0.2) is 0 Å². The van der Waals surface area contributed by atoms with E-state index in [0.717, 1.165) is 30.8 Å². The van der Waals surface area contributed by atoms with E-state index >= 15 is 0 Å². The Bertz CT molecular complexity index is 648. The fourth-order valence-corrected chi connectivity index (χ4v) is 2.66. The summed E-state index contributed by atoms with van der Waals surface area (Å²) in [5, 5.41) is 2.93. The zero-order chi connectivity index (χ0) is 15.4. The topological polar surface area (TPSA) is 58.1 Å². The van der Waals surface area contributed by atoms with E-state index in [4.69, 9.17) is 0 Å². The molecular weight excluding hydrogens is 276 g/mol. The molecule has 0 saturated carbocycles. The number of hydrogen-bond donors (Lipinski definition) is 1. The number of carbonyl (C=O) groups is 1. The summed E-state index contributed by atoms with van der Waals surface area (Å²) >= 11 is 0. The van der Waals surface area contributed by atoms with Crippen LogP contribution >= 0.6 is 0 Å². The summed E-state index contributed by atoms with van der Waals surface area (Å²) in [5.41, 5.74) is 2.44. The fourth-order valence-electron chi connectivity index (χ4n) is 2.66. The quantitative estimate of drug-likeness (QED) is 0.942. The van der Waals surface area contributed by atoms with E-state index in [9.17, 15) is 4.79 Å². The number of carbonyl (C=O) groups excluding carboxylic acids is 1. The number of hydrogen-bond acceptors (Lipinski definition) is 4. The molecule has 1 aliphatic rings. The van der Waals surface area contributed by atoms with Gasteiger partial charge in [0.25, 0.3) is 5.91 Å². The Morgan fingerprint density at radius 3 is 2.55 bits per heavy atom. The van der Waals surface area contributed by atoms with Crippen molar-refractivity contribution < 1.29 is 4.79 Å². The van der Waals surface area contributed by atoms with E-state index in [1.807, 2.05) is 24.3 Å². The van der Waals surface area contributed by atoms with E-state index in [0.29, 0.717) is 11.5 Å². The summed E-state index contributed by atoms with van der Waals surface area (Å²) in [6.07, 6.45) is 6.44.